The minimum Gasteiger partial charge on any atom is -0.506 e. The molecular weight excluding hydrogens is 296 g/mol. The van der Waals surface area contributed by atoms with Crippen LogP contribution >= 0.6 is 0 Å². The van der Waals surface area contributed by atoms with Gasteiger partial charge in [0.25, 0.3) is 11.8 Å². The fraction of sp³-hybridized carbons (Fsp3) is 0.250. The van der Waals surface area contributed by atoms with E-state index in [-0.39, 0.29) is 17.4 Å². The molecule has 0 fully saturated rings. The highest BCUT2D eigenvalue weighted by molar-refractivity contribution is 6.04. The van der Waals surface area contributed by atoms with E-state index in [1.807, 2.05) is 0 Å². The molecule has 0 atom stereocenters. The topological polar surface area (TPSA) is 95.4 Å². The molecule has 2 amide bonds. The summed E-state index contributed by atoms with van der Waals surface area (Å²) >= 11 is 0. The van der Waals surface area contributed by atoms with Crippen LogP contribution in [0.25, 0.3) is 0 Å². The lowest BCUT2D eigenvalue weighted by atomic mass is 10.1. The number of nitrogens with one attached hydrogen (secondary N) is 1. The van der Waals surface area contributed by atoms with Crippen LogP contribution in [0.15, 0.2) is 24.5 Å². The van der Waals surface area contributed by atoms with Crippen molar-refractivity contribution in [3.05, 3.63) is 46.9 Å². The van der Waals surface area contributed by atoms with Crippen molar-refractivity contribution >= 4 is 17.6 Å². The molecule has 2 N–H and O–H groups in total. The van der Waals surface area contributed by atoms with Gasteiger partial charge in [-0.3, -0.25) is 9.59 Å². The minimum atomic E-state index is -0.426. The number of hydrogen-bond donors (Lipinski definition) is 2. The Kier molecular flexibility index (Phi) is 4.59. The van der Waals surface area contributed by atoms with E-state index in [4.69, 9.17) is 0 Å². The zero-order chi connectivity index (χ0) is 17.1. The maximum absolute atomic E-state index is 12.3. The van der Waals surface area contributed by atoms with Crippen LogP contribution in [-0.2, 0) is 0 Å². The predicted molar refractivity (Wildman–Crippen MR) is 85.6 cm³/mol. The molecule has 0 radical (unpaired) electrons. The van der Waals surface area contributed by atoms with E-state index in [0.29, 0.717) is 22.5 Å². The Balaban J connectivity index is 2.23. The van der Waals surface area contributed by atoms with Gasteiger partial charge < -0.3 is 15.3 Å². The molecule has 2 aromatic rings. The molecule has 0 aliphatic rings. The van der Waals surface area contributed by atoms with Crippen molar-refractivity contribution in [1.82, 2.24) is 14.9 Å². The van der Waals surface area contributed by atoms with Gasteiger partial charge in [0.05, 0.1) is 11.8 Å². The molecule has 120 valence electrons. The van der Waals surface area contributed by atoms with Gasteiger partial charge in [0.1, 0.15) is 17.3 Å². The quantitative estimate of drug-likeness (QED) is 0.900. The highest BCUT2D eigenvalue weighted by Gasteiger charge is 2.15. The van der Waals surface area contributed by atoms with E-state index in [0.717, 1.165) is 0 Å². The van der Waals surface area contributed by atoms with E-state index in [1.54, 1.807) is 34.0 Å². The second-order valence-electron chi connectivity index (χ2n) is 5.40. The number of hydrogen-bond acceptors (Lipinski definition) is 5. The second kappa shape index (κ2) is 6.43. The fourth-order valence-corrected chi connectivity index (χ4v) is 2.05. The molecule has 0 aromatic carbocycles. The van der Waals surface area contributed by atoms with Crippen LogP contribution in [-0.4, -0.2) is 45.9 Å². The van der Waals surface area contributed by atoms with Crippen molar-refractivity contribution in [2.45, 2.75) is 13.8 Å². The Labute approximate surface area is 134 Å². The summed E-state index contributed by atoms with van der Waals surface area (Å²) in [5, 5.41) is 12.0. The van der Waals surface area contributed by atoms with Crippen molar-refractivity contribution in [2.75, 3.05) is 19.4 Å². The molecule has 0 saturated heterocycles. The first-order chi connectivity index (χ1) is 10.8. The SMILES string of the molecule is Cc1cc(C(=O)N(C)C)cnc1NC(=O)c1ncc(O)cc1C. The van der Waals surface area contributed by atoms with Crippen LogP contribution in [0.2, 0.25) is 0 Å². The summed E-state index contributed by atoms with van der Waals surface area (Å²) in [6.45, 7) is 3.44. The normalized spacial score (nSPS) is 10.3. The standard InChI is InChI=1S/C16H18N4O3/c1-9-6-12(21)8-17-13(9)15(22)19-14-10(2)5-11(7-18-14)16(23)20(3)4/h5-8,21H,1-4H3,(H,18,19,22). The maximum atomic E-state index is 12.3. The number of nitrogens with zero attached hydrogens (tertiary/aromatic N) is 3. The van der Waals surface area contributed by atoms with E-state index in [2.05, 4.69) is 15.3 Å². The van der Waals surface area contributed by atoms with E-state index >= 15 is 0 Å². The second-order valence-corrected chi connectivity index (χ2v) is 5.40. The number of rotatable bonds is 3. The molecule has 0 spiro atoms. The number of pyridine rings is 2. The lowest BCUT2D eigenvalue weighted by Gasteiger charge is -2.12. The number of carbonyl (C=O) groups is 2. The van der Waals surface area contributed by atoms with Crippen molar-refractivity contribution in [2.24, 2.45) is 0 Å². The molecule has 2 rings (SSSR count). The molecule has 0 bridgehead atoms. The van der Waals surface area contributed by atoms with Crippen molar-refractivity contribution < 1.29 is 14.7 Å². The number of amides is 2. The van der Waals surface area contributed by atoms with Gasteiger partial charge in [-0.2, -0.15) is 0 Å². The van der Waals surface area contributed by atoms with E-state index in [1.165, 1.54) is 23.4 Å². The zero-order valence-electron chi connectivity index (χ0n) is 13.4. The number of aromatic nitrogens is 2. The number of carbonyl (C=O) groups excluding carboxylic acids is 2. The minimum absolute atomic E-state index is 0.0000867. The van der Waals surface area contributed by atoms with Crippen LogP contribution < -0.4 is 5.32 Å². The van der Waals surface area contributed by atoms with Gasteiger partial charge >= 0.3 is 0 Å². The Hall–Kier alpha value is -2.96. The zero-order valence-corrected chi connectivity index (χ0v) is 13.4. The van der Waals surface area contributed by atoms with Gasteiger partial charge in [0.2, 0.25) is 0 Å². The Morgan fingerprint density at radius 2 is 1.78 bits per heavy atom. The highest BCUT2D eigenvalue weighted by atomic mass is 16.3. The summed E-state index contributed by atoms with van der Waals surface area (Å²) in [4.78, 5) is 33.7. The van der Waals surface area contributed by atoms with Crippen LogP contribution in [0.3, 0.4) is 0 Å². The Morgan fingerprint density at radius 1 is 1.09 bits per heavy atom. The first-order valence-electron chi connectivity index (χ1n) is 6.95. The summed E-state index contributed by atoms with van der Waals surface area (Å²) < 4.78 is 0. The highest BCUT2D eigenvalue weighted by Crippen LogP contribution is 2.17. The molecular formula is C16H18N4O3. The van der Waals surface area contributed by atoms with Crippen LogP contribution in [0.1, 0.15) is 32.0 Å². The van der Waals surface area contributed by atoms with Crippen LogP contribution in [0.4, 0.5) is 5.82 Å². The van der Waals surface area contributed by atoms with Gasteiger partial charge in [-0.1, -0.05) is 0 Å². The molecule has 7 nitrogen and oxygen atoms in total. The van der Waals surface area contributed by atoms with Crippen molar-refractivity contribution in [3.63, 3.8) is 0 Å². The summed E-state index contributed by atoms with van der Waals surface area (Å²) in [6.07, 6.45) is 2.63. The number of aromatic hydroxyl groups is 1. The van der Waals surface area contributed by atoms with Crippen LogP contribution in [0.5, 0.6) is 5.75 Å². The van der Waals surface area contributed by atoms with Gasteiger partial charge in [-0.25, -0.2) is 9.97 Å². The lowest BCUT2D eigenvalue weighted by molar-refractivity contribution is 0.0827. The van der Waals surface area contributed by atoms with Crippen molar-refractivity contribution in [1.29, 1.82) is 0 Å². The third-order valence-corrected chi connectivity index (χ3v) is 3.24. The smallest absolute Gasteiger partial charge is 0.275 e. The average molecular weight is 314 g/mol. The molecule has 7 heteroatoms. The molecule has 23 heavy (non-hydrogen) atoms. The van der Waals surface area contributed by atoms with Crippen LogP contribution in [0, 0.1) is 13.8 Å². The Bertz CT molecular complexity index is 772. The van der Waals surface area contributed by atoms with Gasteiger partial charge in [0, 0.05) is 20.3 Å². The molecule has 0 saturated carbocycles. The monoisotopic (exact) mass is 314 g/mol. The summed E-state index contributed by atoms with van der Waals surface area (Å²) in [5.41, 5.74) is 1.88. The molecule has 2 heterocycles. The fourth-order valence-electron chi connectivity index (χ4n) is 2.05. The number of anilines is 1. The van der Waals surface area contributed by atoms with Crippen molar-refractivity contribution in [3.8, 4) is 5.75 Å². The lowest BCUT2D eigenvalue weighted by Crippen LogP contribution is -2.22. The average Bonchev–Trinajstić information content (AvgIpc) is 2.48. The van der Waals surface area contributed by atoms with Gasteiger partial charge in [0.15, 0.2) is 0 Å². The largest absolute Gasteiger partial charge is 0.506 e. The first kappa shape index (κ1) is 16.4. The summed E-state index contributed by atoms with van der Waals surface area (Å²) in [7, 11) is 3.32. The third kappa shape index (κ3) is 3.63. The maximum Gasteiger partial charge on any atom is 0.275 e. The van der Waals surface area contributed by atoms with Gasteiger partial charge in [-0.15, -0.1) is 0 Å². The van der Waals surface area contributed by atoms with E-state index < -0.39 is 5.91 Å². The molecule has 2 aromatic heterocycles. The van der Waals surface area contributed by atoms with Gasteiger partial charge in [-0.05, 0) is 37.1 Å². The predicted octanol–water partition coefficient (Wildman–Crippen LogP) is 1.75. The third-order valence-electron chi connectivity index (χ3n) is 3.24. The van der Waals surface area contributed by atoms with E-state index in [9.17, 15) is 14.7 Å². The molecule has 0 aliphatic heterocycles. The summed E-state index contributed by atoms with van der Waals surface area (Å²) in [6, 6.07) is 3.13. The molecule has 0 unspecified atom stereocenters. The summed E-state index contributed by atoms with van der Waals surface area (Å²) in [5.74, 6) is -0.223. The number of aryl methyl sites for hydroxylation is 2. The first-order valence-corrected chi connectivity index (χ1v) is 6.95. The molecule has 0 aliphatic carbocycles. The Morgan fingerprint density at radius 3 is 2.35 bits per heavy atom.